The van der Waals surface area contributed by atoms with Crippen LogP contribution in [0.4, 0.5) is 11.8 Å². The maximum atomic E-state index is 9.19. The van der Waals surface area contributed by atoms with E-state index in [0.717, 1.165) is 12.0 Å². The van der Waals surface area contributed by atoms with Gasteiger partial charge in [-0.2, -0.15) is 4.98 Å². The van der Waals surface area contributed by atoms with E-state index in [9.17, 15) is 5.11 Å². The van der Waals surface area contributed by atoms with Gasteiger partial charge in [-0.15, -0.1) is 0 Å². The molecule has 0 bridgehead atoms. The molecule has 0 spiro atoms. The quantitative estimate of drug-likeness (QED) is 0.492. The van der Waals surface area contributed by atoms with Gasteiger partial charge in [0.15, 0.2) is 5.82 Å². The molecule has 7 heteroatoms. The van der Waals surface area contributed by atoms with Crippen LogP contribution in [0, 0.1) is 0 Å². The van der Waals surface area contributed by atoms with Gasteiger partial charge in [0.1, 0.15) is 10.8 Å². The predicted molar refractivity (Wildman–Crippen MR) is 75.2 cm³/mol. The lowest BCUT2D eigenvalue weighted by molar-refractivity contribution is 0.475. The number of hydrogen-bond acceptors (Lipinski definition) is 6. The number of phenolic OH excluding ortho intramolecular Hbond substituents is 1. The van der Waals surface area contributed by atoms with E-state index in [2.05, 4.69) is 20.7 Å². The average molecular weight is 280 g/mol. The highest BCUT2D eigenvalue weighted by atomic mass is 35.5. The molecule has 0 saturated heterocycles. The van der Waals surface area contributed by atoms with Crippen LogP contribution in [0.15, 0.2) is 30.5 Å². The Bertz CT molecular complexity index is 546. The van der Waals surface area contributed by atoms with Crippen molar-refractivity contribution in [3.05, 3.63) is 41.0 Å². The van der Waals surface area contributed by atoms with Crippen LogP contribution in [-0.4, -0.2) is 21.6 Å². The fourth-order valence-corrected chi connectivity index (χ4v) is 1.71. The van der Waals surface area contributed by atoms with Gasteiger partial charge in [-0.05, 0) is 24.1 Å². The smallest absolute Gasteiger partial charge is 0.239 e. The van der Waals surface area contributed by atoms with E-state index in [-0.39, 0.29) is 5.75 Å². The molecule has 1 aromatic heterocycles. The molecule has 0 aliphatic carbocycles. The Balaban J connectivity index is 1.93. The second-order valence-corrected chi connectivity index (χ2v) is 4.28. The van der Waals surface area contributed by atoms with Crippen molar-refractivity contribution in [1.82, 2.24) is 9.97 Å². The Morgan fingerprint density at radius 3 is 2.68 bits per heavy atom. The number of anilines is 2. The molecule has 2 rings (SSSR count). The number of rotatable bonds is 5. The number of nitrogens with two attached hydrogens (primary N) is 1. The van der Waals surface area contributed by atoms with Gasteiger partial charge in [-0.1, -0.05) is 23.7 Å². The number of halogens is 1. The van der Waals surface area contributed by atoms with Crippen LogP contribution in [0.25, 0.3) is 0 Å². The largest absolute Gasteiger partial charge is 0.508 e. The van der Waals surface area contributed by atoms with E-state index in [4.69, 9.17) is 17.4 Å². The van der Waals surface area contributed by atoms with E-state index in [0.29, 0.717) is 23.3 Å². The zero-order valence-electron chi connectivity index (χ0n) is 10.1. The SMILES string of the molecule is NNc1ncc(Cl)c(NCCc2ccc(O)cc2)n1. The summed E-state index contributed by atoms with van der Waals surface area (Å²) in [6, 6.07) is 7.05. The molecule has 0 atom stereocenters. The summed E-state index contributed by atoms with van der Waals surface area (Å²) in [4.78, 5) is 7.99. The molecule has 0 unspecified atom stereocenters. The second-order valence-electron chi connectivity index (χ2n) is 3.88. The minimum absolute atomic E-state index is 0.259. The molecular weight excluding hydrogens is 266 g/mol. The van der Waals surface area contributed by atoms with Crippen molar-refractivity contribution in [1.29, 1.82) is 0 Å². The van der Waals surface area contributed by atoms with Crippen LogP contribution in [0.5, 0.6) is 5.75 Å². The highest BCUT2D eigenvalue weighted by Crippen LogP contribution is 2.19. The van der Waals surface area contributed by atoms with Crippen LogP contribution in [0.3, 0.4) is 0 Å². The first-order chi connectivity index (χ1) is 9.19. The molecule has 19 heavy (non-hydrogen) atoms. The standard InChI is InChI=1S/C12H14ClN5O/c13-10-7-16-12(18-14)17-11(10)15-6-5-8-1-3-9(19)4-2-8/h1-4,7,19H,5-6,14H2,(H2,15,16,17,18). The number of hydrogen-bond donors (Lipinski definition) is 4. The first kappa shape index (κ1) is 13.4. The fourth-order valence-electron chi connectivity index (χ4n) is 1.55. The van der Waals surface area contributed by atoms with Crippen molar-refractivity contribution in [3.63, 3.8) is 0 Å². The highest BCUT2D eigenvalue weighted by molar-refractivity contribution is 6.32. The average Bonchev–Trinajstić information content (AvgIpc) is 2.43. The van der Waals surface area contributed by atoms with Crippen molar-refractivity contribution in [2.75, 3.05) is 17.3 Å². The van der Waals surface area contributed by atoms with E-state index in [1.807, 2.05) is 12.1 Å². The van der Waals surface area contributed by atoms with E-state index in [1.165, 1.54) is 6.20 Å². The summed E-state index contributed by atoms with van der Waals surface area (Å²) < 4.78 is 0. The number of nitrogen functional groups attached to an aromatic ring is 1. The Hall–Kier alpha value is -2.05. The van der Waals surface area contributed by atoms with E-state index in [1.54, 1.807) is 12.1 Å². The predicted octanol–water partition coefficient (Wildman–Crippen LogP) is 1.78. The van der Waals surface area contributed by atoms with Gasteiger partial charge in [0.25, 0.3) is 0 Å². The second kappa shape index (κ2) is 6.21. The first-order valence-electron chi connectivity index (χ1n) is 5.70. The summed E-state index contributed by atoms with van der Waals surface area (Å²) in [5, 5.41) is 12.7. The monoisotopic (exact) mass is 279 g/mol. The Morgan fingerprint density at radius 2 is 2.00 bits per heavy atom. The minimum Gasteiger partial charge on any atom is -0.508 e. The minimum atomic E-state index is 0.259. The Morgan fingerprint density at radius 1 is 1.26 bits per heavy atom. The van der Waals surface area contributed by atoms with Crippen LogP contribution in [-0.2, 0) is 6.42 Å². The third-order valence-corrected chi connectivity index (χ3v) is 2.79. The number of hydrazine groups is 1. The molecule has 0 fully saturated rings. The third kappa shape index (κ3) is 3.70. The number of nitrogens with zero attached hydrogens (tertiary/aromatic N) is 2. The molecule has 5 N–H and O–H groups in total. The fraction of sp³-hybridized carbons (Fsp3) is 0.167. The molecule has 6 nitrogen and oxygen atoms in total. The maximum absolute atomic E-state index is 9.19. The molecule has 0 amide bonds. The van der Waals surface area contributed by atoms with Crippen LogP contribution < -0.4 is 16.6 Å². The molecule has 1 aromatic carbocycles. The van der Waals surface area contributed by atoms with Gasteiger partial charge in [-0.25, -0.2) is 10.8 Å². The van der Waals surface area contributed by atoms with Gasteiger partial charge in [0.2, 0.25) is 5.95 Å². The van der Waals surface area contributed by atoms with Gasteiger partial charge in [0.05, 0.1) is 6.20 Å². The van der Waals surface area contributed by atoms with Gasteiger partial charge < -0.3 is 10.4 Å². The molecule has 1 heterocycles. The third-order valence-electron chi connectivity index (χ3n) is 2.52. The van der Waals surface area contributed by atoms with E-state index >= 15 is 0 Å². The molecule has 0 radical (unpaired) electrons. The first-order valence-corrected chi connectivity index (χ1v) is 6.08. The summed E-state index contributed by atoms with van der Waals surface area (Å²) in [6.45, 7) is 0.658. The zero-order chi connectivity index (χ0) is 13.7. The number of nitrogens with one attached hydrogen (secondary N) is 2. The van der Waals surface area contributed by atoms with Crippen molar-refractivity contribution in [2.45, 2.75) is 6.42 Å². The molecule has 2 aromatic rings. The molecule has 0 aliphatic heterocycles. The highest BCUT2D eigenvalue weighted by Gasteiger charge is 2.04. The lowest BCUT2D eigenvalue weighted by Crippen LogP contribution is -2.13. The summed E-state index contributed by atoms with van der Waals surface area (Å²) in [5.74, 6) is 6.32. The topological polar surface area (TPSA) is 96.1 Å². The van der Waals surface area contributed by atoms with Crippen molar-refractivity contribution in [2.24, 2.45) is 5.84 Å². The van der Waals surface area contributed by atoms with Crippen LogP contribution in [0.1, 0.15) is 5.56 Å². The summed E-state index contributed by atoms with van der Waals surface area (Å²) in [6.07, 6.45) is 2.26. The molecule has 0 saturated carbocycles. The summed E-state index contributed by atoms with van der Waals surface area (Å²) in [7, 11) is 0. The number of benzene rings is 1. The van der Waals surface area contributed by atoms with Crippen molar-refractivity contribution < 1.29 is 5.11 Å². The summed E-state index contributed by atoms with van der Waals surface area (Å²) in [5.41, 5.74) is 3.46. The van der Waals surface area contributed by atoms with Crippen LogP contribution >= 0.6 is 11.6 Å². The lowest BCUT2D eigenvalue weighted by atomic mass is 10.1. The van der Waals surface area contributed by atoms with Crippen LogP contribution in [0.2, 0.25) is 5.02 Å². The normalized spacial score (nSPS) is 10.2. The maximum Gasteiger partial charge on any atom is 0.239 e. The zero-order valence-corrected chi connectivity index (χ0v) is 10.9. The molecule has 100 valence electrons. The van der Waals surface area contributed by atoms with Gasteiger partial charge in [0, 0.05) is 6.54 Å². The van der Waals surface area contributed by atoms with E-state index < -0.39 is 0 Å². The lowest BCUT2D eigenvalue weighted by Gasteiger charge is -2.08. The Labute approximate surface area is 115 Å². The molecular formula is C12H14ClN5O. The molecule has 0 aliphatic rings. The van der Waals surface area contributed by atoms with Gasteiger partial charge in [-0.3, -0.25) is 5.43 Å². The number of aromatic hydroxyl groups is 1. The Kier molecular flexibility index (Phi) is 4.38. The van der Waals surface area contributed by atoms with Crippen molar-refractivity contribution >= 4 is 23.4 Å². The number of aromatic nitrogens is 2. The number of phenols is 1. The van der Waals surface area contributed by atoms with Gasteiger partial charge >= 0.3 is 0 Å². The van der Waals surface area contributed by atoms with Crippen molar-refractivity contribution in [3.8, 4) is 5.75 Å². The summed E-state index contributed by atoms with van der Waals surface area (Å²) >= 11 is 5.97.